The standard InChI is InChI=1S/C14H20N2O2/c1-3-8-15-11(2)9-16-12-6-4-5-7-13(12)18-10-14(16)17/h4-7,11,15H,3,8-10H2,1-2H3. The van der Waals surface area contributed by atoms with E-state index in [-0.39, 0.29) is 18.6 Å². The highest BCUT2D eigenvalue weighted by Gasteiger charge is 2.25. The van der Waals surface area contributed by atoms with Crippen LogP contribution in [0.4, 0.5) is 5.69 Å². The number of nitrogens with zero attached hydrogens (tertiary/aromatic N) is 1. The molecule has 98 valence electrons. The lowest BCUT2D eigenvalue weighted by atomic mass is 10.2. The van der Waals surface area contributed by atoms with Crippen LogP contribution < -0.4 is 15.0 Å². The normalized spacial score (nSPS) is 16.1. The number of nitrogens with one attached hydrogen (secondary N) is 1. The summed E-state index contributed by atoms with van der Waals surface area (Å²) in [5.41, 5.74) is 0.874. The first-order valence-corrected chi connectivity index (χ1v) is 6.48. The Morgan fingerprint density at radius 2 is 2.22 bits per heavy atom. The Balaban J connectivity index is 2.09. The molecular weight excluding hydrogens is 228 g/mol. The summed E-state index contributed by atoms with van der Waals surface area (Å²) in [4.78, 5) is 13.8. The van der Waals surface area contributed by atoms with Crippen molar-refractivity contribution >= 4 is 11.6 Å². The predicted molar refractivity (Wildman–Crippen MR) is 72.0 cm³/mol. The molecule has 1 atom stereocenters. The number of amides is 1. The van der Waals surface area contributed by atoms with E-state index in [4.69, 9.17) is 4.74 Å². The van der Waals surface area contributed by atoms with Crippen LogP contribution in [-0.2, 0) is 4.79 Å². The van der Waals surface area contributed by atoms with Gasteiger partial charge >= 0.3 is 0 Å². The van der Waals surface area contributed by atoms with Crippen LogP contribution in [0.15, 0.2) is 24.3 Å². The van der Waals surface area contributed by atoms with Gasteiger partial charge in [-0.1, -0.05) is 19.1 Å². The molecule has 2 rings (SSSR count). The average Bonchev–Trinajstić information content (AvgIpc) is 2.40. The van der Waals surface area contributed by atoms with E-state index in [0.29, 0.717) is 6.54 Å². The Morgan fingerprint density at radius 1 is 1.44 bits per heavy atom. The number of carbonyl (C=O) groups is 1. The Labute approximate surface area is 108 Å². The third-order valence-electron chi connectivity index (χ3n) is 3.01. The molecule has 0 bridgehead atoms. The molecule has 0 aromatic heterocycles. The van der Waals surface area contributed by atoms with E-state index in [2.05, 4.69) is 19.2 Å². The fourth-order valence-electron chi connectivity index (χ4n) is 2.08. The van der Waals surface area contributed by atoms with Crippen molar-refractivity contribution in [2.24, 2.45) is 0 Å². The number of para-hydroxylation sites is 2. The summed E-state index contributed by atoms with van der Waals surface area (Å²) in [5.74, 6) is 0.818. The fraction of sp³-hybridized carbons (Fsp3) is 0.500. The van der Waals surface area contributed by atoms with Gasteiger partial charge in [0.05, 0.1) is 5.69 Å². The van der Waals surface area contributed by atoms with Crippen LogP contribution in [0.3, 0.4) is 0 Å². The lowest BCUT2D eigenvalue weighted by Crippen LogP contribution is -2.46. The highest BCUT2D eigenvalue weighted by Crippen LogP contribution is 2.31. The van der Waals surface area contributed by atoms with Crippen LogP contribution in [0.1, 0.15) is 20.3 Å². The SMILES string of the molecule is CCCNC(C)CN1C(=O)COc2ccccc21. The maximum atomic E-state index is 11.9. The minimum Gasteiger partial charge on any atom is -0.482 e. The summed E-state index contributed by atoms with van der Waals surface area (Å²) >= 11 is 0. The third-order valence-corrected chi connectivity index (χ3v) is 3.01. The number of anilines is 1. The van der Waals surface area contributed by atoms with E-state index >= 15 is 0 Å². The number of carbonyl (C=O) groups excluding carboxylic acids is 1. The molecule has 0 saturated carbocycles. The Bertz CT molecular complexity index is 420. The van der Waals surface area contributed by atoms with Crippen molar-refractivity contribution in [1.82, 2.24) is 5.32 Å². The van der Waals surface area contributed by atoms with Gasteiger partial charge in [-0.2, -0.15) is 0 Å². The van der Waals surface area contributed by atoms with Gasteiger partial charge in [-0.25, -0.2) is 0 Å². The maximum absolute atomic E-state index is 11.9. The van der Waals surface area contributed by atoms with Crippen LogP contribution in [0.25, 0.3) is 0 Å². The van der Waals surface area contributed by atoms with E-state index in [0.717, 1.165) is 24.4 Å². The summed E-state index contributed by atoms with van der Waals surface area (Å²) in [5, 5.41) is 3.40. The first kappa shape index (κ1) is 12.9. The summed E-state index contributed by atoms with van der Waals surface area (Å²) in [6.07, 6.45) is 1.10. The molecule has 18 heavy (non-hydrogen) atoms. The molecule has 4 nitrogen and oxygen atoms in total. The molecule has 1 amide bonds. The first-order valence-electron chi connectivity index (χ1n) is 6.48. The highest BCUT2D eigenvalue weighted by atomic mass is 16.5. The number of hydrogen-bond donors (Lipinski definition) is 1. The summed E-state index contributed by atoms with van der Waals surface area (Å²) in [6.45, 7) is 6.02. The van der Waals surface area contributed by atoms with Crippen molar-refractivity contribution in [1.29, 1.82) is 0 Å². The highest BCUT2D eigenvalue weighted by molar-refractivity contribution is 5.97. The summed E-state index contributed by atoms with van der Waals surface area (Å²) in [6, 6.07) is 7.96. The second-order valence-electron chi connectivity index (χ2n) is 4.62. The van der Waals surface area contributed by atoms with Gasteiger partial charge in [0.15, 0.2) is 6.61 Å². The van der Waals surface area contributed by atoms with E-state index in [1.807, 2.05) is 29.2 Å². The van der Waals surface area contributed by atoms with Crippen molar-refractivity contribution in [3.8, 4) is 5.75 Å². The molecule has 0 spiro atoms. The fourth-order valence-corrected chi connectivity index (χ4v) is 2.08. The minimum absolute atomic E-state index is 0.0267. The molecule has 0 fully saturated rings. The van der Waals surface area contributed by atoms with Gasteiger partial charge in [-0.05, 0) is 32.0 Å². The minimum atomic E-state index is 0.0267. The van der Waals surface area contributed by atoms with Crippen LogP contribution in [0.2, 0.25) is 0 Å². The molecule has 1 aromatic rings. The molecule has 1 unspecified atom stereocenters. The Morgan fingerprint density at radius 3 is 3.00 bits per heavy atom. The van der Waals surface area contributed by atoms with Crippen molar-refractivity contribution in [3.05, 3.63) is 24.3 Å². The van der Waals surface area contributed by atoms with Crippen molar-refractivity contribution in [2.75, 3.05) is 24.6 Å². The lowest BCUT2D eigenvalue weighted by molar-refractivity contribution is -0.121. The van der Waals surface area contributed by atoms with Crippen LogP contribution >= 0.6 is 0 Å². The number of benzene rings is 1. The number of ether oxygens (including phenoxy) is 1. The largest absolute Gasteiger partial charge is 0.482 e. The van der Waals surface area contributed by atoms with Gasteiger partial charge in [0.25, 0.3) is 5.91 Å². The monoisotopic (exact) mass is 248 g/mol. The smallest absolute Gasteiger partial charge is 0.265 e. The number of rotatable bonds is 5. The van der Waals surface area contributed by atoms with Gasteiger partial charge in [-0.3, -0.25) is 4.79 Å². The molecule has 1 heterocycles. The van der Waals surface area contributed by atoms with Crippen LogP contribution in [0.5, 0.6) is 5.75 Å². The summed E-state index contributed by atoms with van der Waals surface area (Å²) < 4.78 is 5.42. The number of fused-ring (bicyclic) bond motifs is 1. The molecule has 4 heteroatoms. The third kappa shape index (κ3) is 2.82. The molecule has 1 N–H and O–H groups in total. The van der Waals surface area contributed by atoms with E-state index in [9.17, 15) is 4.79 Å². The van der Waals surface area contributed by atoms with Crippen molar-refractivity contribution < 1.29 is 9.53 Å². The lowest BCUT2D eigenvalue weighted by Gasteiger charge is -2.31. The molecule has 0 aliphatic carbocycles. The average molecular weight is 248 g/mol. The molecule has 1 aromatic carbocycles. The quantitative estimate of drug-likeness (QED) is 0.864. The van der Waals surface area contributed by atoms with Gasteiger partial charge < -0.3 is 15.0 Å². The van der Waals surface area contributed by atoms with E-state index in [1.165, 1.54) is 0 Å². The van der Waals surface area contributed by atoms with E-state index < -0.39 is 0 Å². The second-order valence-corrected chi connectivity index (χ2v) is 4.62. The molecule has 0 saturated heterocycles. The first-order chi connectivity index (χ1) is 8.72. The molecule has 0 radical (unpaired) electrons. The molecule has 1 aliphatic rings. The molecular formula is C14H20N2O2. The molecule has 1 aliphatic heterocycles. The van der Waals surface area contributed by atoms with Crippen LogP contribution in [-0.4, -0.2) is 31.6 Å². The number of hydrogen-bond acceptors (Lipinski definition) is 3. The van der Waals surface area contributed by atoms with Crippen LogP contribution in [0, 0.1) is 0 Å². The van der Waals surface area contributed by atoms with Crippen molar-refractivity contribution in [2.45, 2.75) is 26.3 Å². The predicted octanol–water partition coefficient (Wildman–Crippen LogP) is 1.80. The van der Waals surface area contributed by atoms with Gasteiger partial charge in [-0.15, -0.1) is 0 Å². The summed E-state index contributed by atoms with van der Waals surface area (Å²) in [7, 11) is 0. The zero-order chi connectivity index (χ0) is 13.0. The van der Waals surface area contributed by atoms with Gasteiger partial charge in [0.1, 0.15) is 5.75 Å². The zero-order valence-corrected chi connectivity index (χ0v) is 11.0. The Kier molecular flexibility index (Phi) is 4.20. The maximum Gasteiger partial charge on any atom is 0.265 e. The topological polar surface area (TPSA) is 41.6 Å². The van der Waals surface area contributed by atoms with E-state index in [1.54, 1.807) is 0 Å². The Hall–Kier alpha value is -1.55. The van der Waals surface area contributed by atoms with Gasteiger partial charge in [0, 0.05) is 12.6 Å². The zero-order valence-electron chi connectivity index (χ0n) is 11.0. The van der Waals surface area contributed by atoms with Gasteiger partial charge in [0.2, 0.25) is 0 Å². The second kappa shape index (κ2) is 5.87. The van der Waals surface area contributed by atoms with Crippen molar-refractivity contribution in [3.63, 3.8) is 0 Å².